The Morgan fingerprint density at radius 2 is 1.69 bits per heavy atom. The topological polar surface area (TPSA) is 61.1 Å². The lowest BCUT2D eigenvalue weighted by Crippen LogP contribution is -2.32. The van der Waals surface area contributed by atoms with Gasteiger partial charge in [0.05, 0.1) is 17.1 Å². The molecule has 0 fully saturated rings. The summed E-state index contributed by atoms with van der Waals surface area (Å²) in [5.74, 6) is 1.97. The van der Waals surface area contributed by atoms with Crippen molar-refractivity contribution in [3.8, 4) is 28.4 Å². The van der Waals surface area contributed by atoms with Gasteiger partial charge in [0, 0.05) is 23.2 Å². The van der Waals surface area contributed by atoms with Crippen molar-refractivity contribution < 1.29 is 18.6 Å². The van der Waals surface area contributed by atoms with Gasteiger partial charge >= 0.3 is 5.63 Å². The van der Waals surface area contributed by atoms with Crippen LogP contribution < -0.4 is 24.7 Å². The maximum atomic E-state index is 12.5. The van der Waals surface area contributed by atoms with Crippen LogP contribution in [0.25, 0.3) is 22.1 Å². The second-order valence-electron chi connectivity index (χ2n) is 7.69. The van der Waals surface area contributed by atoms with Crippen molar-refractivity contribution in [3.05, 3.63) is 81.7 Å². The van der Waals surface area contributed by atoms with E-state index in [0.717, 1.165) is 33.5 Å². The Bertz CT molecular complexity index is 1400. The number of hydrogen-bond acceptors (Lipinski definition) is 6. The predicted octanol–water partition coefficient (Wildman–Crippen LogP) is 5.24. The van der Waals surface area contributed by atoms with Gasteiger partial charge in [-0.3, -0.25) is 0 Å². The lowest BCUT2D eigenvalue weighted by molar-refractivity contribution is 0.171. The van der Waals surface area contributed by atoms with E-state index in [-0.39, 0.29) is 0 Å². The molecule has 3 heterocycles. The first-order valence-corrected chi connectivity index (χ1v) is 10.7. The van der Waals surface area contributed by atoms with E-state index in [4.69, 9.17) is 30.2 Å². The van der Waals surface area contributed by atoms with Crippen LogP contribution in [0.1, 0.15) is 5.56 Å². The molecule has 0 bridgehead atoms. The van der Waals surface area contributed by atoms with Gasteiger partial charge < -0.3 is 23.5 Å². The molecule has 6 nitrogen and oxygen atoms in total. The number of nitrogens with zero attached hydrogens (tertiary/aromatic N) is 1. The van der Waals surface area contributed by atoms with Crippen LogP contribution in [0, 0.1) is 0 Å². The largest absolute Gasteiger partial charge is 0.486 e. The first kappa shape index (κ1) is 19.1. The van der Waals surface area contributed by atoms with Gasteiger partial charge in [-0.25, -0.2) is 4.79 Å². The first-order valence-electron chi connectivity index (χ1n) is 10.3. The van der Waals surface area contributed by atoms with Crippen LogP contribution in [0.2, 0.25) is 5.02 Å². The van der Waals surface area contributed by atoms with Gasteiger partial charge in [-0.1, -0.05) is 41.9 Å². The van der Waals surface area contributed by atoms with Crippen molar-refractivity contribution in [2.45, 2.75) is 6.54 Å². The molecule has 2 aliphatic heterocycles. The molecule has 1 aromatic heterocycles. The molecule has 3 aromatic carbocycles. The number of benzene rings is 3. The molecule has 0 spiro atoms. The second kappa shape index (κ2) is 7.50. The van der Waals surface area contributed by atoms with Crippen LogP contribution >= 0.6 is 11.6 Å². The normalized spacial score (nSPS) is 14.7. The summed E-state index contributed by atoms with van der Waals surface area (Å²) in [5, 5.41) is 1.26. The average Bonchev–Trinajstić information content (AvgIpc) is 2.84. The van der Waals surface area contributed by atoms with Crippen molar-refractivity contribution in [1.29, 1.82) is 0 Å². The summed E-state index contributed by atoms with van der Waals surface area (Å²) >= 11 is 6.61. The van der Waals surface area contributed by atoms with Crippen molar-refractivity contribution in [1.82, 2.24) is 0 Å². The van der Waals surface area contributed by atoms with E-state index in [1.54, 1.807) is 6.07 Å². The minimum Gasteiger partial charge on any atom is -0.486 e. The van der Waals surface area contributed by atoms with Gasteiger partial charge in [0.1, 0.15) is 24.5 Å². The van der Waals surface area contributed by atoms with E-state index in [1.165, 1.54) is 6.07 Å². The number of ether oxygens (including phenoxy) is 3. The summed E-state index contributed by atoms with van der Waals surface area (Å²) in [6.45, 7) is 1.83. The van der Waals surface area contributed by atoms with Crippen LogP contribution in [0.4, 0.5) is 5.69 Å². The van der Waals surface area contributed by atoms with Crippen LogP contribution in [-0.2, 0) is 6.54 Å². The number of rotatable bonds is 2. The molecule has 0 radical (unpaired) electrons. The van der Waals surface area contributed by atoms with Crippen LogP contribution in [-0.4, -0.2) is 19.9 Å². The number of halogens is 1. The Hall–Kier alpha value is -3.64. The molecule has 2 aliphatic rings. The zero-order valence-corrected chi connectivity index (χ0v) is 17.7. The zero-order chi connectivity index (χ0) is 21.7. The van der Waals surface area contributed by atoms with Crippen molar-refractivity contribution >= 4 is 28.3 Å². The molecule has 4 aromatic rings. The monoisotopic (exact) mass is 447 g/mol. The lowest BCUT2D eigenvalue weighted by Gasteiger charge is -2.32. The van der Waals surface area contributed by atoms with Gasteiger partial charge in [-0.2, -0.15) is 0 Å². The fraction of sp³-hybridized carbons (Fsp3) is 0.160. The standard InChI is InChI=1S/C25H18ClNO5/c26-20-11-18-17(15-4-2-1-3-5-15)12-23(28)32-24(18)19-13-27(14-31-25(19)20)16-6-7-21-22(10-16)30-9-8-29-21/h1-7,10-12H,8-9,13-14H2. The lowest BCUT2D eigenvalue weighted by atomic mass is 9.99. The predicted molar refractivity (Wildman–Crippen MR) is 122 cm³/mol. The minimum absolute atomic E-state index is 0.306. The maximum absolute atomic E-state index is 12.5. The quantitative estimate of drug-likeness (QED) is 0.391. The third kappa shape index (κ3) is 3.15. The van der Waals surface area contributed by atoms with E-state index in [2.05, 4.69) is 0 Å². The highest BCUT2D eigenvalue weighted by Crippen LogP contribution is 2.43. The molecule has 32 heavy (non-hydrogen) atoms. The van der Waals surface area contributed by atoms with E-state index < -0.39 is 5.63 Å². The molecule has 7 heteroatoms. The fourth-order valence-corrected chi connectivity index (χ4v) is 4.52. The molecule has 160 valence electrons. The van der Waals surface area contributed by atoms with Gasteiger partial charge in [0.2, 0.25) is 0 Å². The average molecular weight is 448 g/mol. The molecular weight excluding hydrogens is 430 g/mol. The minimum atomic E-state index is -0.419. The highest BCUT2D eigenvalue weighted by molar-refractivity contribution is 6.33. The SMILES string of the molecule is O=c1cc(-c2ccccc2)c2cc(Cl)c3c(c2o1)CN(c1ccc2c(c1)OCCO2)CO3. The Kier molecular flexibility index (Phi) is 4.47. The van der Waals surface area contributed by atoms with Gasteiger partial charge in [0.25, 0.3) is 0 Å². The van der Waals surface area contributed by atoms with E-state index in [0.29, 0.717) is 48.6 Å². The van der Waals surface area contributed by atoms with Crippen LogP contribution in [0.5, 0.6) is 17.2 Å². The van der Waals surface area contributed by atoms with E-state index >= 15 is 0 Å². The molecule has 0 saturated heterocycles. The molecule has 0 atom stereocenters. The van der Waals surface area contributed by atoms with E-state index in [1.807, 2.05) is 53.4 Å². The third-order valence-corrected chi connectivity index (χ3v) is 6.01. The molecule has 0 amide bonds. The first-order chi connectivity index (χ1) is 15.7. The smallest absolute Gasteiger partial charge is 0.336 e. The summed E-state index contributed by atoms with van der Waals surface area (Å²) in [6.07, 6.45) is 0. The Morgan fingerprint density at radius 3 is 2.53 bits per heavy atom. The Balaban J connectivity index is 1.48. The van der Waals surface area contributed by atoms with Gasteiger partial charge in [0.15, 0.2) is 18.2 Å². The number of fused-ring (bicyclic) bond motifs is 4. The number of anilines is 1. The molecule has 0 unspecified atom stereocenters. The second-order valence-corrected chi connectivity index (χ2v) is 8.09. The number of hydrogen-bond donors (Lipinski definition) is 0. The van der Waals surface area contributed by atoms with Crippen molar-refractivity contribution in [3.63, 3.8) is 0 Å². The molecule has 0 aliphatic carbocycles. The van der Waals surface area contributed by atoms with Gasteiger partial charge in [-0.15, -0.1) is 0 Å². The van der Waals surface area contributed by atoms with E-state index in [9.17, 15) is 4.79 Å². The Morgan fingerprint density at radius 1 is 0.875 bits per heavy atom. The molecule has 0 saturated carbocycles. The summed E-state index contributed by atoms with van der Waals surface area (Å²) in [5.41, 5.74) is 3.41. The summed E-state index contributed by atoms with van der Waals surface area (Å²) < 4.78 is 23.0. The van der Waals surface area contributed by atoms with Crippen LogP contribution in [0.15, 0.2) is 69.9 Å². The van der Waals surface area contributed by atoms with Crippen molar-refractivity contribution in [2.24, 2.45) is 0 Å². The fourth-order valence-electron chi connectivity index (χ4n) is 4.24. The summed E-state index contributed by atoms with van der Waals surface area (Å²) in [4.78, 5) is 14.5. The summed E-state index contributed by atoms with van der Waals surface area (Å²) in [7, 11) is 0. The highest BCUT2D eigenvalue weighted by Gasteiger charge is 2.26. The van der Waals surface area contributed by atoms with Crippen molar-refractivity contribution in [2.75, 3.05) is 24.8 Å². The highest BCUT2D eigenvalue weighted by atomic mass is 35.5. The van der Waals surface area contributed by atoms with Gasteiger partial charge in [-0.05, 0) is 29.3 Å². The molecule has 6 rings (SSSR count). The third-order valence-electron chi connectivity index (χ3n) is 5.73. The molecule has 0 N–H and O–H groups in total. The zero-order valence-electron chi connectivity index (χ0n) is 17.0. The summed E-state index contributed by atoms with van der Waals surface area (Å²) in [6, 6.07) is 18.8. The maximum Gasteiger partial charge on any atom is 0.336 e. The molecular formula is C25H18ClNO5. The van der Waals surface area contributed by atoms with Crippen LogP contribution in [0.3, 0.4) is 0 Å². The Labute approximate surface area is 188 Å².